The van der Waals surface area contributed by atoms with Crippen LogP contribution in [0.2, 0.25) is 0 Å². The van der Waals surface area contributed by atoms with Crippen LogP contribution in [0.3, 0.4) is 0 Å². The molecule has 3 heteroatoms. The summed E-state index contributed by atoms with van der Waals surface area (Å²) in [6.07, 6.45) is 0. The van der Waals surface area contributed by atoms with E-state index in [1.54, 1.807) is 11.8 Å². The van der Waals surface area contributed by atoms with Gasteiger partial charge >= 0.3 is 0 Å². The first-order valence-electron chi connectivity index (χ1n) is 7.46. The molecule has 1 heterocycles. The van der Waals surface area contributed by atoms with Crippen LogP contribution in [0.25, 0.3) is 0 Å². The Labute approximate surface area is 132 Å². The molecule has 0 amide bonds. The van der Waals surface area contributed by atoms with Gasteiger partial charge in [0.15, 0.2) is 0 Å². The highest BCUT2D eigenvalue weighted by atomic mass is 32.2. The van der Waals surface area contributed by atoms with Gasteiger partial charge in [0.05, 0.1) is 0 Å². The lowest BCUT2D eigenvalue weighted by Crippen LogP contribution is -2.19. The molecule has 0 unspecified atom stereocenters. The third kappa shape index (κ3) is 5.18. The van der Waals surface area contributed by atoms with Crippen molar-refractivity contribution < 1.29 is 0 Å². The van der Waals surface area contributed by atoms with Gasteiger partial charge in [0.2, 0.25) is 0 Å². The van der Waals surface area contributed by atoms with Crippen LogP contribution in [0, 0.1) is 19.8 Å². The first-order valence-corrected chi connectivity index (χ1v) is 8.28. The first-order chi connectivity index (χ1) is 10.0. The second-order valence-electron chi connectivity index (χ2n) is 5.86. The average Bonchev–Trinajstić information content (AvgIpc) is 2.39. The molecular weight excluding hydrogens is 276 g/mol. The topological polar surface area (TPSA) is 24.9 Å². The highest BCUT2D eigenvalue weighted by molar-refractivity contribution is 7.99. The maximum Gasteiger partial charge on any atom is 0.101 e. The molecule has 0 bridgehead atoms. The Kier molecular flexibility index (Phi) is 5.83. The third-order valence-electron chi connectivity index (χ3n) is 3.13. The van der Waals surface area contributed by atoms with Gasteiger partial charge in [-0.25, -0.2) is 4.98 Å². The maximum atomic E-state index is 4.62. The Bertz CT molecular complexity index is 573. The van der Waals surface area contributed by atoms with Crippen molar-refractivity contribution in [3.8, 4) is 0 Å². The van der Waals surface area contributed by atoms with Crippen molar-refractivity contribution in [2.75, 3.05) is 6.54 Å². The fourth-order valence-electron chi connectivity index (χ4n) is 2.21. The number of benzene rings is 1. The normalized spacial score (nSPS) is 11.1. The van der Waals surface area contributed by atoms with E-state index in [1.807, 2.05) is 6.92 Å². The second kappa shape index (κ2) is 7.62. The van der Waals surface area contributed by atoms with Gasteiger partial charge in [-0.05, 0) is 55.6 Å². The Morgan fingerprint density at radius 2 is 1.90 bits per heavy atom. The molecule has 2 rings (SSSR count). The summed E-state index contributed by atoms with van der Waals surface area (Å²) >= 11 is 1.75. The number of aryl methyl sites for hydroxylation is 2. The molecule has 1 aromatic heterocycles. The minimum absolute atomic E-state index is 0.672. The summed E-state index contributed by atoms with van der Waals surface area (Å²) in [6.45, 7) is 10.6. The van der Waals surface area contributed by atoms with Gasteiger partial charge in [0.1, 0.15) is 5.03 Å². The molecule has 1 aromatic carbocycles. The molecule has 0 atom stereocenters. The van der Waals surface area contributed by atoms with Crippen molar-refractivity contribution >= 4 is 11.8 Å². The summed E-state index contributed by atoms with van der Waals surface area (Å²) in [5.74, 6) is 0.672. The Morgan fingerprint density at radius 1 is 1.14 bits per heavy atom. The minimum Gasteiger partial charge on any atom is -0.312 e. The van der Waals surface area contributed by atoms with Crippen LogP contribution in [0.5, 0.6) is 0 Å². The molecule has 0 saturated carbocycles. The predicted octanol–water partition coefficient (Wildman–Crippen LogP) is 4.60. The number of hydrogen-bond acceptors (Lipinski definition) is 3. The Balaban J connectivity index is 2.12. The van der Waals surface area contributed by atoms with Crippen molar-refractivity contribution in [1.29, 1.82) is 0 Å². The number of rotatable bonds is 6. The van der Waals surface area contributed by atoms with Crippen LogP contribution in [-0.4, -0.2) is 11.5 Å². The van der Waals surface area contributed by atoms with Crippen molar-refractivity contribution in [3.05, 3.63) is 53.2 Å². The molecule has 0 aliphatic rings. The summed E-state index contributed by atoms with van der Waals surface area (Å²) < 4.78 is 0. The largest absolute Gasteiger partial charge is 0.312 e. The fraction of sp³-hybridized carbons (Fsp3) is 0.389. The molecule has 2 nitrogen and oxygen atoms in total. The predicted molar refractivity (Wildman–Crippen MR) is 90.8 cm³/mol. The SMILES string of the molecule is Cc1cc(C)nc(Sc2ccccc2CNCC(C)C)c1. The monoisotopic (exact) mass is 300 g/mol. The molecule has 0 aliphatic carbocycles. The lowest BCUT2D eigenvalue weighted by Gasteiger charge is -2.12. The van der Waals surface area contributed by atoms with Crippen molar-refractivity contribution in [3.63, 3.8) is 0 Å². The van der Waals surface area contributed by atoms with Gasteiger partial charge in [0, 0.05) is 17.1 Å². The fourth-order valence-corrected chi connectivity index (χ4v) is 3.29. The molecule has 21 heavy (non-hydrogen) atoms. The van der Waals surface area contributed by atoms with E-state index in [-0.39, 0.29) is 0 Å². The van der Waals surface area contributed by atoms with E-state index >= 15 is 0 Å². The highest BCUT2D eigenvalue weighted by Crippen LogP contribution is 2.29. The number of pyridine rings is 1. The zero-order valence-corrected chi connectivity index (χ0v) is 14.1. The summed E-state index contributed by atoms with van der Waals surface area (Å²) in [4.78, 5) is 5.91. The van der Waals surface area contributed by atoms with Gasteiger partial charge in [-0.15, -0.1) is 0 Å². The van der Waals surface area contributed by atoms with Gasteiger partial charge in [-0.2, -0.15) is 0 Å². The van der Waals surface area contributed by atoms with E-state index in [9.17, 15) is 0 Å². The van der Waals surface area contributed by atoms with E-state index in [1.165, 1.54) is 16.0 Å². The molecule has 112 valence electrons. The van der Waals surface area contributed by atoms with Crippen LogP contribution >= 0.6 is 11.8 Å². The van der Waals surface area contributed by atoms with Crippen LogP contribution in [0.1, 0.15) is 30.7 Å². The summed E-state index contributed by atoms with van der Waals surface area (Å²) in [7, 11) is 0. The van der Waals surface area contributed by atoms with Crippen LogP contribution in [0.15, 0.2) is 46.3 Å². The molecule has 0 radical (unpaired) electrons. The molecule has 0 saturated heterocycles. The third-order valence-corrected chi connectivity index (χ3v) is 4.17. The lowest BCUT2D eigenvalue weighted by molar-refractivity contribution is 0.550. The minimum atomic E-state index is 0.672. The number of nitrogens with zero attached hydrogens (tertiary/aromatic N) is 1. The summed E-state index contributed by atoms with van der Waals surface area (Å²) in [5.41, 5.74) is 3.68. The van der Waals surface area contributed by atoms with E-state index in [0.29, 0.717) is 5.92 Å². The van der Waals surface area contributed by atoms with Gasteiger partial charge < -0.3 is 5.32 Å². The first kappa shape index (κ1) is 16.1. The molecule has 0 spiro atoms. The Hall–Kier alpha value is -1.32. The van der Waals surface area contributed by atoms with Crippen molar-refractivity contribution in [2.45, 2.75) is 44.2 Å². The lowest BCUT2D eigenvalue weighted by atomic mass is 10.2. The molecule has 1 N–H and O–H groups in total. The zero-order chi connectivity index (χ0) is 15.2. The van der Waals surface area contributed by atoms with Crippen molar-refractivity contribution in [1.82, 2.24) is 10.3 Å². The second-order valence-corrected chi connectivity index (χ2v) is 6.92. The summed E-state index contributed by atoms with van der Waals surface area (Å²) in [6, 6.07) is 12.8. The molecular formula is C18H24N2S. The smallest absolute Gasteiger partial charge is 0.101 e. The molecule has 0 fully saturated rings. The van der Waals surface area contributed by atoms with Crippen LogP contribution in [0.4, 0.5) is 0 Å². The Morgan fingerprint density at radius 3 is 2.62 bits per heavy atom. The van der Waals surface area contributed by atoms with Crippen LogP contribution < -0.4 is 5.32 Å². The quantitative estimate of drug-likeness (QED) is 0.844. The van der Waals surface area contributed by atoms with Gasteiger partial charge in [-0.3, -0.25) is 0 Å². The van der Waals surface area contributed by atoms with Gasteiger partial charge in [-0.1, -0.05) is 43.8 Å². The van der Waals surface area contributed by atoms with E-state index < -0.39 is 0 Å². The summed E-state index contributed by atoms with van der Waals surface area (Å²) in [5, 5.41) is 4.59. The molecule has 2 aromatic rings. The average molecular weight is 300 g/mol. The zero-order valence-electron chi connectivity index (χ0n) is 13.3. The number of nitrogens with one attached hydrogen (secondary N) is 1. The van der Waals surface area contributed by atoms with E-state index in [2.05, 4.69) is 67.5 Å². The maximum absolute atomic E-state index is 4.62. The number of aromatic nitrogens is 1. The molecule has 0 aliphatic heterocycles. The standard InChI is InChI=1S/C18H24N2S/c1-13(2)11-19-12-16-7-5-6-8-17(16)21-18-10-14(3)9-15(4)20-18/h5-10,13,19H,11-12H2,1-4H3. The van der Waals surface area contributed by atoms with E-state index in [4.69, 9.17) is 0 Å². The van der Waals surface area contributed by atoms with Crippen LogP contribution in [-0.2, 0) is 6.54 Å². The van der Waals surface area contributed by atoms with E-state index in [0.717, 1.165) is 23.8 Å². The number of hydrogen-bond donors (Lipinski definition) is 1. The van der Waals surface area contributed by atoms with Gasteiger partial charge in [0.25, 0.3) is 0 Å². The van der Waals surface area contributed by atoms with Crippen molar-refractivity contribution in [2.24, 2.45) is 5.92 Å². The highest BCUT2D eigenvalue weighted by Gasteiger charge is 2.06.